The largest absolute Gasteiger partial charge is 0.368 e. The van der Waals surface area contributed by atoms with Crippen LogP contribution >= 0.6 is 12.6 Å². The first-order chi connectivity index (χ1) is 9.52. The summed E-state index contributed by atoms with van der Waals surface area (Å²) in [5.74, 6) is -1.46. The molecule has 0 aliphatic rings. The maximum atomic E-state index is 11.6. The molecule has 0 saturated heterocycles. The first-order valence-corrected chi connectivity index (χ1v) is 6.66. The molecule has 7 heteroatoms. The van der Waals surface area contributed by atoms with E-state index in [4.69, 9.17) is 5.73 Å². The van der Waals surface area contributed by atoms with Gasteiger partial charge in [0.05, 0.1) is 12.3 Å². The number of benzene rings is 1. The van der Waals surface area contributed by atoms with E-state index in [2.05, 4.69) is 23.3 Å². The van der Waals surface area contributed by atoms with E-state index < -0.39 is 17.9 Å². The first-order valence-electron chi connectivity index (χ1n) is 6.03. The fourth-order valence-corrected chi connectivity index (χ4v) is 1.66. The van der Waals surface area contributed by atoms with E-state index >= 15 is 0 Å². The Morgan fingerprint density at radius 2 is 1.80 bits per heavy atom. The first kappa shape index (κ1) is 16.0. The summed E-state index contributed by atoms with van der Waals surface area (Å²) in [5.41, 5.74) is 6.15. The van der Waals surface area contributed by atoms with Gasteiger partial charge < -0.3 is 16.4 Å². The van der Waals surface area contributed by atoms with Crippen molar-refractivity contribution in [1.29, 1.82) is 0 Å². The Kier molecular flexibility index (Phi) is 6.58. The smallest absolute Gasteiger partial charge is 0.240 e. The normalized spacial score (nSPS) is 11.4. The molecule has 0 bridgehead atoms. The summed E-state index contributed by atoms with van der Waals surface area (Å²) in [5, 5.41) is 4.85. The molecule has 3 amide bonds. The van der Waals surface area contributed by atoms with Crippen molar-refractivity contribution in [3.8, 4) is 0 Å². The van der Waals surface area contributed by atoms with Crippen molar-refractivity contribution >= 4 is 30.4 Å². The topological polar surface area (TPSA) is 101 Å². The second-order valence-electron chi connectivity index (χ2n) is 4.15. The van der Waals surface area contributed by atoms with E-state index in [0.717, 1.165) is 5.56 Å². The van der Waals surface area contributed by atoms with Crippen molar-refractivity contribution in [3.05, 3.63) is 35.9 Å². The van der Waals surface area contributed by atoms with Crippen molar-refractivity contribution in [2.24, 2.45) is 5.73 Å². The monoisotopic (exact) mass is 295 g/mol. The number of hydrogen-bond acceptors (Lipinski definition) is 4. The molecular weight excluding hydrogens is 278 g/mol. The number of nitrogens with one attached hydrogen (secondary N) is 2. The van der Waals surface area contributed by atoms with Crippen LogP contribution in [0.15, 0.2) is 30.3 Å². The van der Waals surface area contributed by atoms with Gasteiger partial charge in [0, 0.05) is 6.42 Å². The van der Waals surface area contributed by atoms with Gasteiger partial charge >= 0.3 is 0 Å². The molecule has 0 spiro atoms. The third-order valence-corrected chi connectivity index (χ3v) is 2.84. The van der Waals surface area contributed by atoms with Gasteiger partial charge in [0.2, 0.25) is 17.7 Å². The van der Waals surface area contributed by atoms with Crippen LogP contribution in [0.1, 0.15) is 5.56 Å². The van der Waals surface area contributed by atoms with Crippen LogP contribution in [-0.4, -0.2) is 36.1 Å². The molecule has 0 aliphatic carbocycles. The van der Waals surface area contributed by atoms with Crippen LogP contribution in [0.25, 0.3) is 0 Å². The Balaban J connectivity index is 2.53. The standard InChI is InChI=1S/C13H17N3O3S/c14-13(19)10(6-9-4-2-1-3-5-9)16-11(17)7-15-12(18)8-20/h1-5,10,20H,6-8H2,(H2,14,19)(H,15,18)(H,16,17)/t10-/m0/s1. The van der Waals surface area contributed by atoms with E-state index in [9.17, 15) is 14.4 Å². The molecule has 0 aliphatic heterocycles. The molecule has 1 atom stereocenters. The lowest BCUT2D eigenvalue weighted by molar-refractivity contribution is -0.128. The van der Waals surface area contributed by atoms with Crippen molar-refractivity contribution in [3.63, 3.8) is 0 Å². The number of thiol groups is 1. The Bertz CT molecular complexity index is 479. The summed E-state index contributed by atoms with van der Waals surface area (Å²) in [4.78, 5) is 33.9. The molecular formula is C13H17N3O3S. The number of hydrogen-bond donors (Lipinski definition) is 4. The summed E-state index contributed by atoms with van der Waals surface area (Å²) >= 11 is 3.77. The van der Waals surface area contributed by atoms with Crippen LogP contribution in [0, 0.1) is 0 Å². The zero-order chi connectivity index (χ0) is 15.0. The van der Waals surface area contributed by atoms with Crippen molar-refractivity contribution in [2.45, 2.75) is 12.5 Å². The highest BCUT2D eigenvalue weighted by atomic mass is 32.1. The minimum atomic E-state index is -0.808. The summed E-state index contributed by atoms with van der Waals surface area (Å²) < 4.78 is 0. The fourth-order valence-electron chi connectivity index (χ4n) is 1.55. The van der Waals surface area contributed by atoms with Gasteiger partial charge in [0.1, 0.15) is 6.04 Å². The van der Waals surface area contributed by atoms with Crippen LogP contribution < -0.4 is 16.4 Å². The molecule has 1 aromatic rings. The van der Waals surface area contributed by atoms with Gasteiger partial charge in [-0.05, 0) is 5.56 Å². The van der Waals surface area contributed by atoms with Gasteiger partial charge in [-0.2, -0.15) is 12.6 Å². The van der Waals surface area contributed by atoms with Crippen LogP contribution in [0.4, 0.5) is 0 Å². The average Bonchev–Trinajstić information content (AvgIpc) is 2.45. The molecule has 4 N–H and O–H groups in total. The maximum absolute atomic E-state index is 11.6. The van der Waals surface area contributed by atoms with Crippen molar-refractivity contribution in [1.82, 2.24) is 10.6 Å². The molecule has 0 unspecified atom stereocenters. The fraction of sp³-hybridized carbons (Fsp3) is 0.308. The van der Waals surface area contributed by atoms with Gasteiger partial charge in [-0.25, -0.2) is 0 Å². The van der Waals surface area contributed by atoms with E-state index in [-0.39, 0.29) is 18.2 Å². The summed E-state index contributed by atoms with van der Waals surface area (Å²) in [6.07, 6.45) is 0.308. The predicted molar refractivity (Wildman–Crippen MR) is 78.1 cm³/mol. The lowest BCUT2D eigenvalue weighted by Gasteiger charge is -2.15. The SMILES string of the molecule is NC(=O)[C@H](Cc1ccccc1)NC(=O)CNC(=O)CS. The Morgan fingerprint density at radius 3 is 2.35 bits per heavy atom. The second kappa shape index (κ2) is 8.21. The summed E-state index contributed by atoms with van der Waals surface area (Å²) in [6.45, 7) is -0.210. The number of rotatable bonds is 7. The zero-order valence-corrected chi connectivity index (χ0v) is 11.7. The zero-order valence-electron chi connectivity index (χ0n) is 10.8. The molecule has 1 rings (SSSR count). The summed E-state index contributed by atoms with van der Waals surface area (Å²) in [6, 6.07) is 8.39. The molecule has 0 fully saturated rings. The quantitative estimate of drug-likeness (QED) is 0.498. The van der Waals surface area contributed by atoms with Crippen LogP contribution in [0.2, 0.25) is 0 Å². The van der Waals surface area contributed by atoms with Gasteiger partial charge in [-0.15, -0.1) is 0 Å². The van der Waals surface area contributed by atoms with E-state index in [1.807, 2.05) is 30.3 Å². The number of amides is 3. The highest BCUT2D eigenvalue weighted by Crippen LogP contribution is 2.02. The average molecular weight is 295 g/mol. The Hall–Kier alpha value is -2.02. The van der Waals surface area contributed by atoms with Gasteiger partial charge in [0.25, 0.3) is 0 Å². The van der Waals surface area contributed by atoms with Crippen molar-refractivity contribution in [2.75, 3.05) is 12.3 Å². The highest BCUT2D eigenvalue weighted by molar-refractivity contribution is 7.81. The lowest BCUT2D eigenvalue weighted by Crippen LogP contribution is -2.49. The minimum Gasteiger partial charge on any atom is -0.368 e. The molecule has 0 saturated carbocycles. The third-order valence-electron chi connectivity index (χ3n) is 2.55. The van der Waals surface area contributed by atoms with Gasteiger partial charge in [0.15, 0.2) is 0 Å². The number of carbonyl (C=O) groups excluding carboxylic acids is 3. The number of nitrogens with two attached hydrogens (primary N) is 1. The molecule has 6 nitrogen and oxygen atoms in total. The second-order valence-corrected chi connectivity index (χ2v) is 4.46. The van der Waals surface area contributed by atoms with Crippen LogP contribution in [0.3, 0.4) is 0 Å². The van der Waals surface area contributed by atoms with Crippen LogP contribution in [-0.2, 0) is 20.8 Å². The van der Waals surface area contributed by atoms with E-state index in [0.29, 0.717) is 6.42 Å². The predicted octanol–water partition coefficient (Wildman–Crippen LogP) is -0.755. The molecule has 20 heavy (non-hydrogen) atoms. The maximum Gasteiger partial charge on any atom is 0.240 e. The Morgan fingerprint density at radius 1 is 1.15 bits per heavy atom. The van der Waals surface area contributed by atoms with Crippen LogP contribution in [0.5, 0.6) is 0 Å². The number of carbonyl (C=O) groups is 3. The number of primary amides is 1. The molecule has 0 heterocycles. The summed E-state index contributed by atoms with van der Waals surface area (Å²) in [7, 11) is 0. The van der Waals surface area contributed by atoms with E-state index in [1.54, 1.807) is 0 Å². The molecule has 0 aromatic heterocycles. The third kappa shape index (κ3) is 5.75. The van der Waals surface area contributed by atoms with Crippen molar-refractivity contribution < 1.29 is 14.4 Å². The van der Waals surface area contributed by atoms with E-state index in [1.165, 1.54) is 0 Å². The minimum absolute atomic E-state index is 0.00343. The Labute approximate surface area is 122 Å². The van der Waals surface area contributed by atoms with Gasteiger partial charge in [-0.3, -0.25) is 14.4 Å². The molecule has 0 radical (unpaired) electrons. The molecule has 108 valence electrons. The lowest BCUT2D eigenvalue weighted by atomic mass is 10.1. The molecule has 1 aromatic carbocycles. The van der Waals surface area contributed by atoms with Gasteiger partial charge in [-0.1, -0.05) is 30.3 Å². The highest BCUT2D eigenvalue weighted by Gasteiger charge is 2.18.